The summed E-state index contributed by atoms with van der Waals surface area (Å²) < 4.78 is 49.5. The number of ether oxygens (including phenoxy) is 1. The van der Waals surface area contributed by atoms with Crippen LogP contribution < -0.4 is 15.5 Å². The Balaban J connectivity index is 1.53. The number of carbonyl (C=O) groups is 1. The summed E-state index contributed by atoms with van der Waals surface area (Å²) in [5.74, 6) is -0.790. The molecule has 0 unspecified atom stereocenters. The van der Waals surface area contributed by atoms with Gasteiger partial charge in [0.15, 0.2) is 12.0 Å². The van der Waals surface area contributed by atoms with E-state index in [0.29, 0.717) is 5.56 Å². The number of carbonyl (C=O) groups excluding carboxylic acids is 1. The molecule has 9 heteroatoms. The molecule has 168 valence electrons. The summed E-state index contributed by atoms with van der Waals surface area (Å²) in [5, 5.41) is 12.5. The molecule has 6 nitrogen and oxygen atoms in total. The molecule has 0 saturated heterocycles. The minimum absolute atomic E-state index is 0.0348. The number of nitrogens with one attached hydrogen (secondary N) is 1. The summed E-state index contributed by atoms with van der Waals surface area (Å²) in [4.78, 5) is 24.6. The van der Waals surface area contributed by atoms with Crippen LogP contribution in [0.5, 0.6) is 11.5 Å². The van der Waals surface area contributed by atoms with Crippen molar-refractivity contribution >= 4 is 22.6 Å². The third kappa shape index (κ3) is 4.98. The largest absolute Gasteiger partial charge is 0.507 e. The summed E-state index contributed by atoms with van der Waals surface area (Å²) >= 11 is 0. The molecule has 0 fully saturated rings. The monoisotopic (exact) mass is 455 g/mol. The maximum Gasteiger partial charge on any atom is 0.416 e. The van der Waals surface area contributed by atoms with Gasteiger partial charge in [0.1, 0.15) is 28.2 Å². The first kappa shape index (κ1) is 21.9. The lowest BCUT2D eigenvalue weighted by molar-refractivity contribution is -0.137. The van der Waals surface area contributed by atoms with E-state index in [2.05, 4.69) is 5.32 Å². The minimum Gasteiger partial charge on any atom is -0.507 e. The van der Waals surface area contributed by atoms with Crippen LogP contribution in [0, 0.1) is 0 Å². The van der Waals surface area contributed by atoms with Crippen molar-refractivity contribution in [3.8, 4) is 22.8 Å². The van der Waals surface area contributed by atoms with Gasteiger partial charge < -0.3 is 19.6 Å². The van der Waals surface area contributed by atoms with Crippen molar-refractivity contribution < 1.29 is 32.2 Å². The highest BCUT2D eigenvalue weighted by atomic mass is 19.4. The van der Waals surface area contributed by atoms with E-state index in [9.17, 15) is 27.9 Å². The van der Waals surface area contributed by atoms with Gasteiger partial charge in [-0.1, -0.05) is 36.4 Å². The first-order valence-corrected chi connectivity index (χ1v) is 9.67. The standard InChI is InChI=1S/C24H16F3NO5/c25-24(26,27)15-7-4-8-16(9-15)28-22(31)13-32-17-10-18(29)23-19(30)12-20(33-21(23)11-17)14-5-2-1-3-6-14/h1-12,29H,13H2,(H,28,31). The normalized spacial score (nSPS) is 11.4. The van der Waals surface area contributed by atoms with Crippen molar-refractivity contribution in [2.75, 3.05) is 11.9 Å². The van der Waals surface area contributed by atoms with E-state index in [1.807, 2.05) is 6.07 Å². The lowest BCUT2D eigenvalue weighted by Crippen LogP contribution is -2.20. The van der Waals surface area contributed by atoms with Gasteiger partial charge in [-0.2, -0.15) is 13.2 Å². The van der Waals surface area contributed by atoms with Crippen LogP contribution in [0.25, 0.3) is 22.3 Å². The van der Waals surface area contributed by atoms with Gasteiger partial charge in [-0.05, 0) is 18.2 Å². The van der Waals surface area contributed by atoms with Gasteiger partial charge in [0.25, 0.3) is 5.91 Å². The Labute approximate surface area is 184 Å². The molecule has 4 aromatic rings. The Bertz CT molecular complexity index is 1380. The Kier molecular flexibility index (Phi) is 5.78. The summed E-state index contributed by atoms with van der Waals surface area (Å²) in [6, 6.07) is 16.8. The highest BCUT2D eigenvalue weighted by Crippen LogP contribution is 2.32. The topological polar surface area (TPSA) is 88.8 Å². The average molecular weight is 455 g/mol. The quantitative estimate of drug-likeness (QED) is 0.432. The Hall–Kier alpha value is -4.27. The van der Waals surface area contributed by atoms with Crippen molar-refractivity contribution in [2.24, 2.45) is 0 Å². The molecule has 0 aliphatic heterocycles. The van der Waals surface area contributed by atoms with Gasteiger partial charge in [0, 0.05) is 29.4 Å². The van der Waals surface area contributed by atoms with Crippen LogP contribution in [-0.4, -0.2) is 17.6 Å². The smallest absolute Gasteiger partial charge is 0.416 e. The van der Waals surface area contributed by atoms with Crippen molar-refractivity contribution in [3.63, 3.8) is 0 Å². The number of benzene rings is 3. The molecule has 2 N–H and O–H groups in total. The van der Waals surface area contributed by atoms with E-state index in [4.69, 9.17) is 9.15 Å². The molecule has 1 aromatic heterocycles. The van der Waals surface area contributed by atoms with Crippen LogP contribution in [0.4, 0.5) is 18.9 Å². The van der Waals surface area contributed by atoms with Crippen molar-refractivity contribution in [2.45, 2.75) is 6.18 Å². The van der Waals surface area contributed by atoms with Crippen molar-refractivity contribution in [3.05, 3.63) is 88.6 Å². The second-order valence-electron chi connectivity index (χ2n) is 7.07. The SMILES string of the molecule is O=C(COc1cc(O)c2c(=O)cc(-c3ccccc3)oc2c1)Nc1cccc(C(F)(F)F)c1. The second kappa shape index (κ2) is 8.70. The van der Waals surface area contributed by atoms with Crippen molar-refractivity contribution in [1.82, 2.24) is 0 Å². The van der Waals surface area contributed by atoms with Gasteiger partial charge in [-0.15, -0.1) is 0 Å². The highest BCUT2D eigenvalue weighted by Gasteiger charge is 2.30. The predicted octanol–water partition coefficient (Wildman–Crippen LogP) is 5.20. The molecule has 0 aliphatic rings. The Morgan fingerprint density at radius 1 is 1.00 bits per heavy atom. The molecule has 0 radical (unpaired) electrons. The Morgan fingerprint density at radius 3 is 2.48 bits per heavy atom. The van der Waals surface area contributed by atoms with E-state index in [1.165, 1.54) is 24.3 Å². The molecule has 3 aromatic carbocycles. The Morgan fingerprint density at radius 2 is 1.76 bits per heavy atom. The molecule has 0 bridgehead atoms. The van der Waals surface area contributed by atoms with Crippen LogP contribution >= 0.6 is 0 Å². The fourth-order valence-corrected chi connectivity index (χ4v) is 3.19. The number of halogens is 3. The predicted molar refractivity (Wildman–Crippen MR) is 115 cm³/mol. The number of rotatable bonds is 5. The third-order valence-corrected chi connectivity index (χ3v) is 4.69. The van der Waals surface area contributed by atoms with E-state index in [1.54, 1.807) is 24.3 Å². The highest BCUT2D eigenvalue weighted by molar-refractivity contribution is 5.92. The van der Waals surface area contributed by atoms with E-state index in [0.717, 1.165) is 18.2 Å². The van der Waals surface area contributed by atoms with Gasteiger partial charge in [-0.25, -0.2) is 0 Å². The van der Waals surface area contributed by atoms with Gasteiger partial charge in [-0.3, -0.25) is 9.59 Å². The van der Waals surface area contributed by atoms with E-state index >= 15 is 0 Å². The summed E-state index contributed by atoms with van der Waals surface area (Å²) in [7, 11) is 0. The van der Waals surface area contributed by atoms with Crippen LogP contribution in [0.3, 0.4) is 0 Å². The average Bonchev–Trinajstić information content (AvgIpc) is 2.77. The molecule has 0 saturated carbocycles. The first-order valence-electron chi connectivity index (χ1n) is 9.67. The first-order chi connectivity index (χ1) is 15.7. The maximum absolute atomic E-state index is 12.8. The van der Waals surface area contributed by atoms with Crippen LogP contribution in [0.15, 0.2) is 82.0 Å². The molecule has 0 spiro atoms. The molecule has 0 atom stereocenters. The third-order valence-electron chi connectivity index (χ3n) is 4.69. The van der Waals surface area contributed by atoms with Crippen LogP contribution in [0.1, 0.15) is 5.56 Å². The van der Waals surface area contributed by atoms with Gasteiger partial charge >= 0.3 is 6.18 Å². The zero-order chi connectivity index (χ0) is 23.6. The number of hydrogen-bond donors (Lipinski definition) is 2. The molecule has 4 rings (SSSR count). The molecule has 1 amide bonds. The zero-order valence-corrected chi connectivity index (χ0v) is 16.8. The van der Waals surface area contributed by atoms with E-state index < -0.39 is 35.4 Å². The summed E-state index contributed by atoms with van der Waals surface area (Å²) in [5.41, 5.74) is -0.693. The van der Waals surface area contributed by atoms with Crippen LogP contribution in [-0.2, 0) is 11.0 Å². The fraction of sp³-hybridized carbons (Fsp3) is 0.0833. The molecular weight excluding hydrogens is 439 g/mol. The fourth-order valence-electron chi connectivity index (χ4n) is 3.19. The molecular formula is C24H16F3NO5. The minimum atomic E-state index is -4.54. The number of alkyl halides is 3. The number of amides is 1. The van der Waals surface area contributed by atoms with Gasteiger partial charge in [0.2, 0.25) is 0 Å². The maximum atomic E-state index is 12.8. The van der Waals surface area contributed by atoms with Crippen LogP contribution in [0.2, 0.25) is 0 Å². The number of fused-ring (bicyclic) bond motifs is 1. The molecule has 1 heterocycles. The molecule has 0 aliphatic carbocycles. The summed E-state index contributed by atoms with van der Waals surface area (Å²) in [6.07, 6.45) is -4.54. The number of phenols is 1. The number of phenolic OH excluding ortho intramolecular Hbond substituents is 1. The lowest BCUT2D eigenvalue weighted by atomic mass is 10.1. The zero-order valence-electron chi connectivity index (χ0n) is 16.8. The van der Waals surface area contributed by atoms with E-state index in [-0.39, 0.29) is 28.2 Å². The summed E-state index contributed by atoms with van der Waals surface area (Å²) in [6.45, 7) is -0.552. The lowest BCUT2D eigenvalue weighted by Gasteiger charge is -2.11. The second-order valence-corrected chi connectivity index (χ2v) is 7.07. The van der Waals surface area contributed by atoms with Crippen molar-refractivity contribution in [1.29, 1.82) is 0 Å². The molecule has 33 heavy (non-hydrogen) atoms. The number of anilines is 1. The number of aromatic hydroxyl groups is 1. The van der Waals surface area contributed by atoms with Gasteiger partial charge in [0.05, 0.1) is 5.56 Å². The number of hydrogen-bond acceptors (Lipinski definition) is 5.